The van der Waals surface area contributed by atoms with Gasteiger partial charge in [-0.1, -0.05) is 6.42 Å². The molecule has 6 nitrogen and oxygen atoms in total. The van der Waals surface area contributed by atoms with Gasteiger partial charge in [0.25, 0.3) is 0 Å². The largest absolute Gasteiger partial charge is 0.465 e. The highest BCUT2D eigenvalue weighted by molar-refractivity contribution is 8.02. The Morgan fingerprint density at radius 3 is 2.46 bits per heavy atom. The molecule has 0 aromatic carbocycles. The smallest absolute Gasteiger partial charge is 0.349 e. The van der Waals surface area contributed by atoms with Gasteiger partial charge in [0.05, 0.1) is 13.7 Å². The van der Waals surface area contributed by atoms with Crippen molar-refractivity contribution in [3.8, 4) is 12.1 Å². The van der Waals surface area contributed by atoms with E-state index in [1.807, 2.05) is 12.1 Å². The number of methoxy groups -OCH3 is 1. The Balaban J connectivity index is 3.48. The molecule has 0 aromatic rings. The van der Waals surface area contributed by atoms with Crippen LogP contribution in [0.25, 0.3) is 0 Å². The summed E-state index contributed by atoms with van der Waals surface area (Å²) in [4.78, 5) is 24.5. The van der Waals surface area contributed by atoms with E-state index >= 15 is 0 Å². The molecule has 1 aliphatic rings. The van der Waals surface area contributed by atoms with E-state index in [-0.39, 0.29) is 23.7 Å². The quantitative estimate of drug-likeness (QED) is 0.428. The third kappa shape index (κ3) is 4.39. The first kappa shape index (κ1) is 19.8. The molecule has 24 heavy (non-hydrogen) atoms. The van der Waals surface area contributed by atoms with Crippen molar-refractivity contribution in [1.29, 1.82) is 10.5 Å². The lowest BCUT2D eigenvalue weighted by atomic mass is 9.80. The van der Waals surface area contributed by atoms with Crippen LogP contribution >= 0.6 is 11.8 Å². The van der Waals surface area contributed by atoms with E-state index in [1.165, 1.54) is 18.9 Å². The van der Waals surface area contributed by atoms with Gasteiger partial charge in [0.15, 0.2) is 0 Å². The Kier molecular flexibility index (Phi) is 8.08. The Labute approximate surface area is 146 Å². The molecule has 128 valence electrons. The van der Waals surface area contributed by atoms with Gasteiger partial charge in [-0.3, -0.25) is 0 Å². The fourth-order valence-corrected chi connectivity index (χ4v) is 3.65. The third-order valence-corrected chi connectivity index (χ3v) is 4.73. The number of nitrogens with zero attached hydrogens (tertiary/aromatic N) is 2. The summed E-state index contributed by atoms with van der Waals surface area (Å²) in [7, 11) is 1.22. The second-order valence-electron chi connectivity index (χ2n) is 5.08. The highest BCUT2D eigenvalue weighted by Crippen LogP contribution is 2.41. The second kappa shape index (κ2) is 9.79. The Morgan fingerprint density at radius 2 is 1.96 bits per heavy atom. The van der Waals surface area contributed by atoms with Gasteiger partial charge < -0.3 is 9.47 Å². The molecule has 0 radical (unpaired) electrons. The van der Waals surface area contributed by atoms with Crippen LogP contribution in [-0.2, 0) is 19.1 Å². The summed E-state index contributed by atoms with van der Waals surface area (Å²) in [6.07, 6.45) is 4.73. The Hall–Kier alpha value is -2.25. The van der Waals surface area contributed by atoms with Crippen molar-refractivity contribution in [2.24, 2.45) is 5.92 Å². The molecule has 0 saturated heterocycles. The maximum Gasteiger partial charge on any atom is 0.349 e. The molecule has 0 N–H and O–H groups in total. The number of carbonyl (C=O) groups is 2. The molecule has 0 aliphatic heterocycles. The summed E-state index contributed by atoms with van der Waals surface area (Å²) in [5.74, 6) is -1.68. The minimum atomic E-state index is -0.707. The molecule has 1 saturated carbocycles. The van der Waals surface area contributed by atoms with Crippen molar-refractivity contribution >= 4 is 23.7 Å². The molecule has 1 aliphatic carbocycles. The molecule has 1 atom stereocenters. The van der Waals surface area contributed by atoms with Crippen LogP contribution in [0.2, 0.25) is 0 Å². The average molecular weight is 348 g/mol. The minimum absolute atomic E-state index is 0.0183. The van der Waals surface area contributed by atoms with E-state index in [2.05, 4.69) is 4.74 Å². The number of rotatable bonds is 5. The lowest BCUT2D eigenvalue weighted by molar-refractivity contribution is -0.138. The van der Waals surface area contributed by atoms with Crippen LogP contribution in [0.5, 0.6) is 0 Å². The topological polar surface area (TPSA) is 100 Å². The molecule has 0 aromatic heterocycles. The molecule has 1 rings (SSSR count). The zero-order valence-electron chi connectivity index (χ0n) is 14.0. The zero-order valence-corrected chi connectivity index (χ0v) is 14.9. The minimum Gasteiger partial charge on any atom is -0.465 e. The summed E-state index contributed by atoms with van der Waals surface area (Å²) in [6, 6.07) is 3.84. The van der Waals surface area contributed by atoms with Gasteiger partial charge in [-0.25, -0.2) is 9.59 Å². The molecule has 1 fully saturated rings. The zero-order chi connectivity index (χ0) is 18.1. The molecular formula is C17H20N2O4S. The first-order valence-corrected chi connectivity index (χ1v) is 8.84. The van der Waals surface area contributed by atoms with E-state index < -0.39 is 11.9 Å². The number of esters is 2. The number of hydrogen-bond donors (Lipinski definition) is 0. The summed E-state index contributed by atoms with van der Waals surface area (Å²) in [5.41, 5.74) is 0.550. The van der Waals surface area contributed by atoms with Gasteiger partial charge in [-0.15, -0.1) is 11.8 Å². The predicted molar refractivity (Wildman–Crippen MR) is 89.4 cm³/mol. The number of thioether (sulfide) groups is 1. The first-order valence-electron chi connectivity index (χ1n) is 7.62. The van der Waals surface area contributed by atoms with E-state index in [0.29, 0.717) is 23.3 Å². The molecule has 0 bridgehead atoms. The van der Waals surface area contributed by atoms with Crippen LogP contribution in [-0.4, -0.2) is 31.9 Å². The van der Waals surface area contributed by atoms with E-state index in [1.54, 1.807) is 13.2 Å². The van der Waals surface area contributed by atoms with Crippen molar-refractivity contribution in [3.05, 3.63) is 21.6 Å². The normalized spacial score (nSPS) is 20.1. The van der Waals surface area contributed by atoms with E-state index in [0.717, 1.165) is 12.8 Å². The van der Waals surface area contributed by atoms with Gasteiger partial charge in [0.2, 0.25) is 0 Å². The summed E-state index contributed by atoms with van der Waals surface area (Å²) < 4.78 is 9.65. The van der Waals surface area contributed by atoms with Crippen molar-refractivity contribution in [2.45, 2.75) is 32.6 Å². The maximum atomic E-state index is 12.1. The van der Waals surface area contributed by atoms with Gasteiger partial charge in [-0.05, 0) is 38.0 Å². The first-order chi connectivity index (χ1) is 11.5. The maximum absolute atomic E-state index is 12.1. The molecule has 0 heterocycles. The van der Waals surface area contributed by atoms with Crippen LogP contribution in [0.3, 0.4) is 0 Å². The van der Waals surface area contributed by atoms with E-state index in [4.69, 9.17) is 4.74 Å². The predicted octanol–water partition coefficient (Wildman–Crippen LogP) is 2.87. The summed E-state index contributed by atoms with van der Waals surface area (Å²) >= 11 is 1.27. The van der Waals surface area contributed by atoms with Crippen molar-refractivity contribution in [2.75, 3.05) is 20.0 Å². The van der Waals surface area contributed by atoms with Crippen molar-refractivity contribution in [1.82, 2.24) is 0 Å². The van der Waals surface area contributed by atoms with Crippen LogP contribution < -0.4 is 0 Å². The fraction of sp³-hybridized carbons (Fsp3) is 0.529. The summed E-state index contributed by atoms with van der Waals surface area (Å²) in [6.45, 7) is 1.85. The molecule has 0 spiro atoms. The van der Waals surface area contributed by atoms with Gasteiger partial charge in [-0.2, -0.15) is 10.5 Å². The van der Waals surface area contributed by atoms with Crippen molar-refractivity contribution in [3.63, 3.8) is 0 Å². The summed E-state index contributed by atoms with van der Waals surface area (Å²) in [5, 5.41) is 18.8. The standard InChI is InChI=1S/C17H20N2O4S/c1-4-23-17(21)13(9-18)11-7-5-6-8-12(11)15(24-3)14(10-19)16(20)22-2/h12H,4-8H2,1-3H3/b13-11+,15-14+. The highest BCUT2D eigenvalue weighted by atomic mass is 32.2. The fourth-order valence-electron chi connectivity index (χ4n) is 2.77. The molecular weight excluding hydrogens is 328 g/mol. The number of ether oxygens (including phenoxy) is 2. The lowest BCUT2D eigenvalue weighted by Gasteiger charge is -2.28. The second-order valence-corrected chi connectivity index (χ2v) is 5.93. The molecule has 0 amide bonds. The number of hydrogen-bond acceptors (Lipinski definition) is 7. The lowest BCUT2D eigenvalue weighted by Crippen LogP contribution is -2.20. The molecule has 1 unspecified atom stereocenters. The van der Waals surface area contributed by atoms with Gasteiger partial charge in [0.1, 0.15) is 23.3 Å². The van der Waals surface area contributed by atoms with Crippen LogP contribution in [0.4, 0.5) is 0 Å². The Morgan fingerprint density at radius 1 is 1.25 bits per heavy atom. The SMILES string of the molecule is CCOC(=O)/C(C#N)=C1\CCCCC1/C(SC)=C(/C#N)C(=O)OC. The van der Waals surface area contributed by atoms with Crippen LogP contribution in [0, 0.1) is 28.6 Å². The monoisotopic (exact) mass is 348 g/mol. The third-order valence-electron chi connectivity index (χ3n) is 3.81. The van der Waals surface area contributed by atoms with Crippen LogP contribution in [0.1, 0.15) is 32.6 Å². The van der Waals surface area contributed by atoms with Gasteiger partial charge >= 0.3 is 11.9 Å². The average Bonchev–Trinajstić information content (AvgIpc) is 2.60. The number of nitriles is 2. The van der Waals surface area contributed by atoms with Gasteiger partial charge in [0, 0.05) is 10.8 Å². The number of carbonyl (C=O) groups excluding carboxylic acids is 2. The van der Waals surface area contributed by atoms with E-state index in [9.17, 15) is 20.1 Å². The molecule has 7 heteroatoms. The highest BCUT2D eigenvalue weighted by Gasteiger charge is 2.32. The van der Waals surface area contributed by atoms with Crippen molar-refractivity contribution < 1.29 is 19.1 Å². The van der Waals surface area contributed by atoms with Crippen LogP contribution in [0.15, 0.2) is 21.6 Å². The number of allylic oxidation sites excluding steroid dienone is 2. The Bertz CT molecular complexity index is 652.